The lowest BCUT2D eigenvalue weighted by molar-refractivity contribution is 0.397. The molecule has 17 heavy (non-hydrogen) atoms. The molecule has 0 atom stereocenters. The van der Waals surface area contributed by atoms with E-state index in [0.717, 1.165) is 12.1 Å². The Balaban J connectivity index is 2.03. The molecule has 2 rings (SSSR count). The molecule has 0 aliphatic carbocycles. The SMILES string of the molecule is CCNc1nc(Cc2ccc(OC)nc2)no1. The van der Waals surface area contributed by atoms with Crippen molar-refractivity contribution >= 4 is 6.01 Å². The molecule has 0 radical (unpaired) electrons. The van der Waals surface area contributed by atoms with Gasteiger partial charge in [0.1, 0.15) is 0 Å². The normalized spacial score (nSPS) is 10.2. The Morgan fingerprint density at radius 1 is 1.41 bits per heavy atom. The highest BCUT2D eigenvalue weighted by Crippen LogP contribution is 2.11. The lowest BCUT2D eigenvalue weighted by Gasteiger charge is -1.99. The Morgan fingerprint density at radius 3 is 2.94 bits per heavy atom. The topological polar surface area (TPSA) is 73.1 Å². The summed E-state index contributed by atoms with van der Waals surface area (Å²) >= 11 is 0. The molecule has 6 heteroatoms. The predicted molar refractivity (Wildman–Crippen MR) is 62.1 cm³/mol. The molecule has 2 aromatic rings. The van der Waals surface area contributed by atoms with Gasteiger partial charge >= 0.3 is 6.01 Å². The van der Waals surface area contributed by atoms with Crippen molar-refractivity contribution < 1.29 is 9.26 Å². The fourth-order valence-corrected chi connectivity index (χ4v) is 1.37. The molecule has 0 spiro atoms. The number of hydrogen-bond donors (Lipinski definition) is 1. The van der Waals surface area contributed by atoms with Crippen LogP contribution in [0.5, 0.6) is 5.88 Å². The van der Waals surface area contributed by atoms with Gasteiger partial charge in [-0.25, -0.2) is 4.98 Å². The molecule has 0 fully saturated rings. The summed E-state index contributed by atoms with van der Waals surface area (Å²) in [5.41, 5.74) is 1.01. The average Bonchev–Trinajstić information content (AvgIpc) is 2.78. The van der Waals surface area contributed by atoms with E-state index in [-0.39, 0.29) is 0 Å². The van der Waals surface area contributed by atoms with Crippen LogP contribution in [0.15, 0.2) is 22.9 Å². The van der Waals surface area contributed by atoms with Crippen molar-refractivity contribution in [3.8, 4) is 5.88 Å². The van der Waals surface area contributed by atoms with Gasteiger partial charge in [-0.15, -0.1) is 0 Å². The van der Waals surface area contributed by atoms with Crippen molar-refractivity contribution in [1.82, 2.24) is 15.1 Å². The van der Waals surface area contributed by atoms with Crippen LogP contribution in [0.2, 0.25) is 0 Å². The average molecular weight is 234 g/mol. The van der Waals surface area contributed by atoms with Crippen molar-refractivity contribution in [3.05, 3.63) is 29.7 Å². The number of methoxy groups -OCH3 is 1. The van der Waals surface area contributed by atoms with Gasteiger partial charge in [-0.05, 0) is 12.5 Å². The summed E-state index contributed by atoms with van der Waals surface area (Å²) in [6.07, 6.45) is 2.33. The molecule has 1 N–H and O–H groups in total. The Bertz CT molecular complexity index is 467. The second-order valence-corrected chi connectivity index (χ2v) is 3.43. The molecule has 2 aromatic heterocycles. The van der Waals surface area contributed by atoms with Crippen LogP contribution in [-0.4, -0.2) is 28.8 Å². The summed E-state index contributed by atoms with van der Waals surface area (Å²) in [5.74, 6) is 1.23. The summed E-state index contributed by atoms with van der Waals surface area (Å²) in [7, 11) is 1.59. The number of rotatable bonds is 5. The number of nitrogens with one attached hydrogen (secondary N) is 1. The first-order chi connectivity index (χ1) is 8.31. The van der Waals surface area contributed by atoms with E-state index in [1.54, 1.807) is 19.4 Å². The van der Waals surface area contributed by atoms with Crippen molar-refractivity contribution in [2.75, 3.05) is 19.0 Å². The Morgan fingerprint density at radius 2 is 2.29 bits per heavy atom. The van der Waals surface area contributed by atoms with Crippen LogP contribution >= 0.6 is 0 Å². The second kappa shape index (κ2) is 5.29. The maximum atomic E-state index is 5.00. The van der Waals surface area contributed by atoms with Crippen LogP contribution in [-0.2, 0) is 6.42 Å². The van der Waals surface area contributed by atoms with E-state index in [4.69, 9.17) is 9.26 Å². The highest BCUT2D eigenvalue weighted by atomic mass is 16.5. The monoisotopic (exact) mass is 234 g/mol. The molecular weight excluding hydrogens is 220 g/mol. The molecule has 0 aliphatic rings. The minimum absolute atomic E-state index is 0.448. The van der Waals surface area contributed by atoms with Gasteiger partial charge in [0.25, 0.3) is 0 Å². The zero-order chi connectivity index (χ0) is 12.1. The van der Waals surface area contributed by atoms with Crippen molar-refractivity contribution in [2.45, 2.75) is 13.3 Å². The Hall–Kier alpha value is -2.11. The molecule has 0 unspecified atom stereocenters. The number of aromatic nitrogens is 3. The third-order valence-corrected chi connectivity index (χ3v) is 2.17. The number of anilines is 1. The molecule has 0 aliphatic heterocycles. The van der Waals surface area contributed by atoms with Crippen LogP contribution in [0.4, 0.5) is 6.01 Å². The second-order valence-electron chi connectivity index (χ2n) is 3.43. The summed E-state index contributed by atoms with van der Waals surface area (Å²) in [4.78, 5) is 8.30. The molecule has 0 bridgehead atoms. The zero-order valence-corrected chi connectivity index (χ0v) is 9.80. The standard InChI is InChI=1S/C11H14N4O2/c1-3-12-11-14-9(15-17-11)6-8-4-5-10(16-2)13-7-8/h4-5,7H,3,6H2,1-2H3,(H,12,14,15). The quantitative estimate of drug-likeness (QED) is 0.845. The van der Waals surface area contributed by atoms with Gasteiger partial charge in [0, 0.05) is 25.2 Å². The van der Waals surface area contributed by atoms with E-state index in [0.29, 0.717) is 24.1 Å². The smallest absolute Gasteiger partial charge is 0.321 e. The van der Waals surface area contributed by atoms with Gasteiger partial charge < -0.3 is 14.6 Å². The molecular formula is C11H14N4O2. The van der Waals surface area contributed by atoms with Crippen LogP contribution in [0, 0.1) is 0 Å². The summed E-state index contributed by atoms with van der Waals surface area (Å²) < 4.78 is 9.99. The minimum atomic E-state index is 0.448. The molecule has 90 valence electrons. The molecule has 0 aromatic carbocycles. The Kier molecular flexibility index (Phi) is 3.54. The third-order valence-electron chi connectivity index (χ3n) is 2.17. The van der Waals surface area contributed by atoms with E-state index in [1.807, 2.05) is 13.0 Å². The lowest BCUT2D eigenvalue weighted by Crippen LogP contribution is -1.97. The maximum Gasteiger partial charge on any atom is 0.321 e. The van der Waals surface area contributed by atoms with E-state index >= 15 is 0 Å². The summed E-state index contributed by atoms with van der Waals surface area (Å²) in [6.45, 7) is 2.73. The number of pyridine rings is 1. The Labute approximate surface area is 99.0 Å². The highest BCUT2D eigenvalue weighted by molar-refractivity contribution is 5.23. The fourth-order valence-electron chi connectivity index (χ4n) is 1.37. The van der Waals surface area contributed by atoms with Gasteiger partial charge in [-0.1, -0.05) is 11.2 Å². The molecule has 6 nitrogen and oxygen atoms in total. The summed E-state index contributed by atoms with van der Waals surface area (Å²) in [5, 5.41) is 6.82. The predicted octanol–water partition coefficient (Wildman–Crippen LogP) is 1.50. The largest absolute Gasteiger partial charge is 0.481 e. The first-order valence-electron chi connectivity index (χ1n) is 5.37. The van der Waals surface area contributed by atoms with Gasteiger partial charge in [0.2, 0.25) is 5.88 Å². The first-order valence-corrected chi connectivity index (χ1v) is 5.37. The maximum absolute atomic E-state index is 5.00. The van der Waals surface area contributed by atoms with Crippen LogP contribution in [0.25, 0.3) is 0 Å². The zero-order valence-electron chi connectivity index (χ0n) is 9.80. The molecule has 0 saturated carbocycles. The number of nitrogens with zero attached hydrogens (tertiary/aromatic N) is 3. The van der Waals surface area contributed by atoms with Gasteiger partial charge in [-0.2, -0.15) is 4.98 Å². The van der Waals surface area contributed by atoms with E-state index in [9.17, 15) is 0 Å². The number of hydrogen-bond acceptors (Lipinski definition) is 6. The van der Waals surface area contributed by atoms with Gasteiger partial charge in [0.15, 0.2) is 5.82 Å². The third kappa shape index (κ3) is 2.93. The highest BCUT2D eigenvalue weighted by Gasteiger charge is 2.06. The van der Waals surface area contributed by atoms with Gasteiger partial charge in [-0.3, -0.25) is 0 Å². The lowest BCUT2D eigenvalue weighted by atomic mass is 10.2. The minimum Gasteiger partial charge on any atom is -0.481 e. The molecule has 0 amide bonds. The van der Waals surface area contributed by atoms with Crippen molar-refractivity contribution in [3.63, 3.8) is 0 Å². The molecule has 2 heterocycles. The van der Waals surface area contributed by atoms with Crippen molar-refractivity contribution in [2.24, 2.45) is 0 Å². The molecule has 0 saturated heterocycles. The van der Waals surface area contributed by atoms with Crippen LogP contribution in [0.3, 0.4) is 0 Å². The van der Waals surface area contributed by atoms with E-state index in [2.05, 4.69) is 20.4 Å². The summed E-state index contributed by atoms with van der Waals surface area (Å²) in [6, 6.07) is 4.18. The first kappa shape index (κ1) is 11.4. The van der Waals surface area contributed by atoms with E-state index < -0.39 is 0 Å². The van der Waals surface area contributed by atoms with E-state index in [1.165, 1.54) is 0 Å². The fraction of sp³-hybridized carbons (Fsp3) is 0.364. The van der Waals surface area contributed by atoms with Crippen LogP contribution < -0.4 is 10.1 Å². The van der Waals surface area contributed by atoms with Crippen LogP contribution in [0.1, 0.15) is 18.3 Å². The van der Waals surface area contributed by atoms with Crippen molar-refractivity contribution in [1.29, 1.82) is 0 Å². The number of ether oxygens (including phenoxy) is 1. The van der Waals surface area contributed by atoms with Gasteiger partial charge in [0.05, 0.1) is 7.11 Å².